The number of nitrogens with one attached hydrogen (secondary N) is 1. The van der Waals surface area contributed by atoms with Crippen molar-refractivity contribution in [1.29, 1.82) is 0 Å². The Morgan fingerprint density at radius 3 is 2.61 bits per heavy atom. The van der Waals surface area contributed by atoms with Crippen LogP contribution in [0.4, 0.5) is 13.2 Å². The van der Waals surface area contributed by atoms with E-state index in [0.29, 0.717) is 12.5 Å². The fourth-order valence-electron chi connectivity index (χ4n) is 2.70. The number of hydrogen-bond acceptors (Lipinski definition) is 2. The first-order valence-electron chi connectivity index (χ1n) is 7.07. The summed E-state index contributed by atoms with van der Waals surface area (Å²) in [4.78, 5) is 2.35. The number of unbranched alkanes of at least 4 members (excludes halogenated alkanes) is 1. The van der Waals surface area contributed by atoms with Crippen molar-refractivity contribution in [2.24, 2.45) is 5.92 Å². The minimum atomic E-state index is -3.99. The lowest BCUT2D eigenvalue weighted by molar-refractivity contribution is -0.135. The monoisotopic (exact) mass is 264 g/mol. The molecule has 2 fully saturated rings. The molecule has 0 amide bonds. The zero-order valence-electron chi connectivity index (χ0n) is 10.8. The van der Waals surface area contributed by atoms with Crippen molar-refractivity contribution in [3.05, 3.63) is 0 Å². The van der Waals surface area contributed by atoms with Gasteiger partial charge in [-0.1, -0.05) is 0 Å². The molecule has 2 nitrogen and oxygen atoms in total. The lowest BCUT2D eigenvalue weighted by atomic mass is 10.1. The Morgan fingerprint density at radius 1 is 1.17 bits per heavy atom. The van der Waals surface area contributed by atoms with Crippen LogP contribution >= 0.6 is 0 Å². The van der Waals surface area contributed by atoms with E-state index >= 15 is 0 Å². The largest absolute Gasteiger partial charge is 0.389 e. The maximum absolute atomic E-state index is 12.0. The first-order chi connectivity index (χ1) is 8.54. The molecule has 1 aliphatic carbocycles. The van der Waals surface area contributed by atoms with E-state index in [1.54, 1.807) is 0 Å². The van der Waals surface area contributed by atoms with E-state index in [1.807, 2.05) is 0 Å². The summed E-state index contributed by atoms with van der Waals surface area (Å²) in [6.45, 7) is 3.93. The Labute approximate surface area is 107 Å². The van der Waals surface area contributed by atoms with Gasteiger partial charge in [-0.3, -0.25) is 0 Å². The summed E-state index contributed by atoms with van der Waals surface area (Å²) in [6.07, 6.45) is 0.0576. The predicted octanol–water partition coefficient (Wildman–Crippen LogP) is 2.79. The number of rotatable bonds is 5. The molecule has 106 valence electrons. The average Bonchev–Trinajstić information content (AvgIpc) is 3.09. The second-order valence-corrected chi connectivity index (χ2v) is 5.62. The molecule has 0 spiro atoms. The number of hydrogen-bond donors (Lipinski definition) is 1. The van der Waals surface area contributed by atoms with Gasteiger partial charge in [0.25, 0.3) is 0 Å². The van der Waals surface area contributed by atoms with E-state index in [1.165, 1.54) is 12.8 Å². The van der Waals surface area contributed by atoms with Crippen LogP contribution in [0.2, 0.25) is 0 Å². The molecule has 1 unspecified atom stereocenters. The minimum Gasteiger partial charge on any atom is -0.312 e. The lowest BCUT2D eigenvalue weighted by Crippen LogP contribution is -2.39. The third-order valence-electron chi connectivity index (χ3n) is 3.89. The molecular formula is C13H23F3N2. The molecule has 0 radical (unpaired) electrons. The van der Waals surface area contributed by atoms with E-state index in [4.69, 9.17) is 0 Å². The van der Waals surface area contributed by atoms with E-state index in [0.717, 1.165) is 38.5 Å². The van der Waals surface area contributed by atoms with Gasteiger partial charge in [0.05, 0.1) is 0 Å². The molecule has 2 rings (SSSR count). The van der Waals surface area contributed by atoms with Crippen molar-refractivity contribution < 1.29 is 13.2 Å². The Balaban J connectivity index is 1.64. The molecule has 0 aromatic rings. The molecule has 0 aromatic carbocycles. The van der Waals surface area contributed by atoms with Gasteiger partial charge in [-0.2, -0.15) is 13.2 Å². The van der Waals surface area contributed by atoms with Crippen LogP contribution in [-0.2, 0) is 0 Å². The molecule has 0 aromatic heterocycles. The van der Waals surface area contributed by atoms with Crippen LogP contribution < -0.4 is 5.32 Å². The molecular weight excluding hydrogens is 241 g/mol. The number of alkyl halides is 3. The van der Waals surface area contributed by atoms with Crippen molar-refractivity contribution in [2.45, 2.75) is 50.7 Å². The molecule has 2 aliphatic rings. The fraction of sp³-hybridized carbons (Fsp3) is 1.00. The van der Waals surface area contributed by atoms with Crippen LogP contribution in [0, 0.1) is 5.92 Å². The Bertz CT molecular complexity index is 251. The van der Waals surface area contributed by atoms with E-state index in [-0.39, 0.29) is 6.42 Å². The Hall–Kier alpha value is -0.290. The molecule has 1 heterocycles. The second kappa shape index (κ2) is 6.24. The van der Waals surface area contributed by atoms with Gasteiger partial charge in [0.1, 0.15) is 0 Å². The maximum Gasteiger partial charge on any atom is 0.389 e. The van der Waals surface area contributed by atoms with Crippen LogP contribution in [0.5, 0.6) is 0 Å². The van der Waals surface area contributed by atoms with Crippen molar-refractivity contribution >= 4 is 0 Å². The van der Waals surface area contributed by atoms with Gasteiger partial charge in [-0.15, -0.1) is 0 Å². The molecule has 5 heteroatoms. The van der Waals surface area contributed by atoms with Gasteiger partial charge in [-0.25, -0.2) is 0 Å². The van der Waals surface area contributed by atoms with Gasteiger partial charge in [0.2, 0.25) is 0 Å². The van der Waals surface area contributed by atoms with Gasteiger partial charge in [0, 0.05) is 19.0 Å². The van der Waals surface area contributed by atoms with E-state index in [2.05, 4.69) is 10.2 Å². The number of nitrogens with zero attached hydrogens (tertiary/aromatic N) is 1. The van der Waals surface area contributed by atoms with Crippen LogP contribution in [-0.4, -0.2) is 43.3 Å². The van der Waals surface area contributed by atoms with Gasteiger partial charge >= 0.3 is 6.18 Å². The van der Waals surface area contributed by atoms with Crippen LogP contribution in [0.1, 0.15) is 38.5 Å². The highest BCUT2D eigenvalue weighted by atomic mass is 19.4. The van der Waals surface area contributed by atoms with Gasteiger partial charge < -0.3 is 10.2 Å². The molecule has 1 saturated heterocycles. The van der Waals surface area contributed by atoms with Crippen LogP contribution in [0.3, 0.4) is 0 Å². The number of halogens is 3. The normalized spacial score (nSPS) is 27.2. The molecule has 1 aliphatic heterocycles. The van der Waals surface area contributed by atoms with Crippen LogP contribution in [0.15, 0.2) is 0 Å². The first-order valence-corrected chi connectivity index (χ1v) is 7.07. The first kappa shape index (κ1) is 14.1. The third kappa shape index (κ3) is 5.14. The highest BCUT2D eigenvalue weighted by molar-refractivity contribution is 4.89. The second-order valence-electron chi connectivity index (χ2n) is 5.62. The SMILES string of the molecule is FC(F)(F)CCCCN1CCCNC(C2CC2)C1. The summed E-state index contributed by atoms with van der Waals surface area (Å²) in [5.41, 5.74) is 0. The predicted molar refractivity (Wildman–Crippen MR) is 65.5 cm³/mol. The Kier molecular flexibility index (Phi) is 4.90. The maximum atomic E-state index is 12.0. The van der Waals surface area contributed by atoms with Crippen molar-refractivity contribution in [3.63, 3.8) is 0 Å². The Morgan fingerprint density at radius 2 is 1.94 bits per heavy atom. The summed E-state index contributed by atoms with van der Waals surface area (Å²) in [5, 5.41) is 3.57. The quantitative estimate of drug-likeness (QED) is 0.768. The van der Waals surface area contributed by atoms with E-state index in [9.17, 15) is 13.2 Å². The zero-order chi connectivity index (χ0) is 13.0. The smallest absolute Gasteiger partial charge is 0.312 e. The standard InChI is InChI=1S/C13H23F3N2/c14-13(15,16)6-1-2-8-18-9-3-7-17-12(10-18)11-4-5-11/h11-12,17H,1-10H2. The summed E-state index contributed by atoms with van der Waals surface area (Å²) in [7, 11) is 0. The summed E-state index contributed by atoms with van der Waals surface area (Å²) < 4.78 is 36.1. The van der Waals surface area contributed by atoms with Crippen molar-refractivity contribution in [3.8, 4) is 0 Å². The average molecular weight is 264 g/mol. The molecule has 1 saturated carbocycles. The van der Waals surface area contributed by atoms with Gasteiger partial charge in [0.15, 0.2) is 0 Å². The van der Waals surface area contributed by atoms with Crippen molar-refractivity contribution in [2.75, 3.05) is 26.2 Å². The summed E-state index contributed by atoms with van der Waals surface area (Å²) >= 11 is 0. The summed E-state index contributed by atoms with van der Waals surface area (Å²) in [5.74, 6) is 0.820. The fourth-order valence-corrected chi connectivity index (χ4v) is 2.70. The zero-order valence-corrected chi connectivity index (χ0v) is 10.8. The minimum absolute atomic E-state index is 0.265. The highest BCUT2D eigenvalue weighted by Gasteiger charge is 2.33. The lowest BCUT2D eigenvalue weighted by Gasteiger charge is -2.24. The van der Waals surface area contributed by atoms with Gasteiger partial charge in [-0.05, 0) is 57.7 Å². The van der Waals surface area contributed by atoms with E-state index < -0.39 is 12.6 Å². The molecule has 1 atom stereocenters. The molecule has 1 N–H and O–H groups in total. The molecule has 18 heavy (non-hydrogen) atoms. The third-order valence-corrected chi connectivity index (χ3v) is 3.89. The highest BCUT2D eigenvalue weighted by Crippen LogP contribution is 2.33. The topological polar surface area (TPSA) is 15.3 Å². The van der Waals surface area contributed by atoms with Crippen LogP contribution in [0.25, 0.3) is 0 Å². The summed E-state index contributed by atoms with van der Waals surface area (Å²) in [6, 6.07) is 0.579. The molecule has 0 bridgehead atoms. The van der Waals surface area contributed by atoms with Crippen molar-refractivity contribution in [1.82, 2.24) is 10.2 Å².